The smallest absolute Gasteiger partial charge is 0.306 e. The van der Waals surface area contributed by atoms with Gasteiger partial charge in [-0.2, -0.15) is 5.06 Å². The maximum absolute atomic E-state index is 11.3. The molecule has 32 heavy (non-hydrogen) atoms. The quantitative estimate of drug-likeness (QED) is 0.569. The van der Waals surface area contributed by atoms with Crippen LogP contribution in [-0.4, -0.2) is 38.7 Å². The molecular formula is C25H43NO6. The van der Waals surface area contributed by atoms with Gasteiger partial charge in [-0.25, -0.2) is 0 Å². The first-order chi connectivity index (χ1) is 13.6. The first-order valence-electron chi connectivity index (χ1n) is 10.2. The number of benzene rings is 1. The topological polar surface area (TPSA) is 104 Å². The van der Waals surface area contributed by atoms with Crippen LogP contribution >= 0.6 is 0 Å². The zero-order chi connectivity index (χ0) is 23.3. The summed E-state index contributed by atoms with van der Waals surface area (Å²) in [5, 5.41) is 19.8. The summed E-state index contributed by atoms with van der Waals surface area (Å²) in [5.74, 6) is -1.44. The van der Waals surface area contributed by atoms with Crippen LogP contribution in [0, 0.1) is 18.3 Å². The molecule has 1 saturated heterocycles. The van der Waals surface area contributed by atoms with E-state index in [9.17, 15) is 24.6 Å². The van der Waals surface area contributed by atoms with Crippen molar-refractivity contribution in [3.63, 3.8) is 0 Å². The standard InChI is InChI=1S/C15H22O3.C8H13NO3.2CH4/c1-10-5-6-11(8-13(10)16)7-12(14(17)18)9-15(2,3)4;1-8(2,3)12-9-6(10)4-5-7(9)11;;/h5-6,8,12,16H,7,9H2,1-4H3,(H,17,18);4-5H2,1-3H3;2*1H4. The number of phenols is 1. The lowest BCUT2D eigenvalue weighted by Gasteiger charge is -2.24. The molecule has 2 rings (SSSR count). The van der Waals surface area contributed by atoms with Gasteiger partial charge in [-0.15, -0.1) is 0 Å². The molecule has 1 aliphatic rings. The van der Waals surface area contributed by atoms with Crippen LogP contribution in [0.25, 0.3) is 0 Å². The maximum atomic E-state index is 11.3. The van der Waals surface area contributed by atoms with Gasteiger partial charge in [0.15, 0.2) is 0 Å². The summed E-state index contributed by atoms with van der Waals surface area (Å²) >= 11 is 0. The average Bonchev–Trinajstić information content (AvgIpc) is 2.87. The van der Waals surface area contributed by atoms with Gasteiger partial charge in [-0.1, -0.05) is 47.8 Å². The Hall–Kier alpha value is -2.41. The number of carboxylic acid groups (broad SMARTS) is 1. The number of carboxylic acids is 1. The Morgan fingerprint density at radius 3 is 1.94 bits per heavy atom. The van der Waals surface area contributed by atoms with Crippen molar-refractivity contribution in [1.82, 2.24) is 5.06 Å². The van der Waals surface area contributed by atoms with Crippen LogP contribution in [0.3, 0.4) is 0 Å². The zero-order valence-corrected chi connectivity index (χ0v) is 19.1. The van der Waals surface area contributed by atoms with Gasteiger partial charge >= 0.3 is 5.97 Å². The van der Waals surface area contributed by atoms with E-state index in [0.29, 0.717) is 12.8 Å². The predicted molar refractivity (Wildman–Crippen MR) is 127 cm³/mol. The van der Waals surface area contributed by atoms with Crippen LogP contribution < -0.4 is 0 Å². The van der Waals surface area contributed by atoms with Gasteiger partial charge in [0.1, 0.15) is 5.75 Å². The molecule has 1 aromatic carbocycles. The van der Waals surface area contributed by atoms with Gasteiger partial charge in [-0.05, 0) is 63.1 Å². The third-order valence-electron chi connectivity index (χ3n) is 4.33. The maximum Gasteiger partial charge on any atom is 0.306 e. The Bertz CT molecular complexity index is 758. The minimum absolute atomic E-state index is 0. The van der Waals surface area contributed by atoms with Crippen LogP contribution in [0.1, 0.15) is 86.8 Å². The Morgan fingerprint density at radius 1 is 1.06 bits per heavy atom. The van der Waals surface area contributed by atoms with Crippen LogP contribution in [0.5, 0.6) is 5.75 Å². The molecule has 1 aromatic rings. The number of hydrogen-bond donors (Lipinski definition) is 2. The van der Waals surface area contributed by atoms with Crippen LogP contribution in [0.4, 0.5) is 0 Å². The Morgan fingerprint density at radius 2 is 1.56 bits per heavy atom. The molecule has 1 aliphatic heterocycles. The van der Waals surface area contributed by atoms with Crippen molar-refractivity contribution in [3.05, 3.63) is 29.3 Å². The van der Waals surface area contributed by atoms with E-state index in [1.807, 2.05) is 39.8 Å². The van der Waals surface area contributed by atoms with Gasteiger partial charge in [-0.3, -0.25) is 19.2 Å². The molecule has 2 amide bonds. The van der Waals surface area contributed by atoms with Crippen LogP contribution in [-0.2, 0) is 25.6 Å². The lowest BCUT2D eigenvalue weighted by molar-refractivity contribution is -0.218. The molecule has 7 heteroatoms. The number of imide groups is 1. The van der Waals surface area contributed by atoms with Crippen LogP contribution in [0.15, 0.2) is 18.2 Å². The van der Waals surface area contributed by atoms with Crippen LogP contribution in [0.2, 0.25) is 0 Å². The monoisotopic (exact) mass is 453 g/mol. The molecule has 0 aromatic heterocycles. The fourth-order valence-corrected chi connectivity index (χ4v) is 2.98. The normalized spacial score (nSPS) is 14.7. The van der Waals surface area contributed by atoms with Gasteiger partial charge < -0.3 is 10.2 Å². The highest BCUT2D eigenvalue weighted by atomic mass is 16.7. The number of carbonyl (C=O) groups excluding carboxylic acids is 2. The lowest BCUT2D eigenvalue weighted by atomic mass is 9.82. The fourth-order valence-electron chi connectivity index (χ4n) is 2.98. The van der Waals surface area contributed by atoms with Gasteiger partial charge in [0.2, 0.25) is 0 Å². The summed E-state index contributed by atoms with van der Waals surface area (Å²) < 4.78 is 0. The second-order valence-electron chi connectivity index (χ2n) is 9.91. The number of amides is 2. The number of hydroxylamine groups is 2. The number of hydrogen-bond acceptors (Lipinski definition) is 5. The van der Waals surface area contributed by atoms with E-state index in [-0.39, 0.29) is 50.7 Å². The van der Waals surface area contributed by atoms with Gasteiger partial charge in [0.25, 0.3) is 11.8 Å². The van der Waals surface area contributed by atoms with Crippen molar-refractivity contribution in [2.45, 2.75) is 94.6 Å². The number of aryl methyl sites for hydroxylation is 1. The molecule has 0 aliphatic carbocycles. The van der Waals surface area contributed by atoms with Crippen molar-refractivity contribution < 1.29 is 29.4 Å². The second kappa shape index (κ2) is 12.6. The summed E-state index contributed by atoms with van der Waals surface area (Å²) in [6.45, 7) is 13.3. The highest BCUT2D eigenvalue weighted by molar-refractivity contribution is 6.00. The molecule has 1 unspecified atom stereocenters. The Balaban J connectivity index is 0. The summed E-state index contributed by atoms with van der Waals surface area (Å²) in [6, 6.07) is 5.36. The summed E-state index contributed by atoms with van der Waals surface area (Å²) in [4.78, 5) is 38.5. The first kappa shape index (κ1) is 31.8. The summed E-state index contributed by atoms with van der Waals surface area (Å²) in [5.41, 5.74) is 1.17. The molecule has 1 fully saturated rings. The third-order valence-corrected chi connectivity index (χ3v) is 4.33. The molecule has 184 valence electrons. The number of nitrogens with zero attached hydrogens (tertiary/aromatic N) is 1. The molecule has 0 bridgehead atoms. The van der Waals surface area contributed by atoms with E-state index in [0.717, 1.165) is 16.2 Å². The molecule has 1 heterocycles. The second-order valence-corrected chi connectivity index (χ2v) is 9.91. The minimum Gasteiger partial charge on any atom is -0.508 e. The molecular weight excluding hydrogens is 410 g/mol. The Kier molecular flexibility index (Phi) is 12.5. The fraction of sp³-hybridized carbons (Fsp3) is 0.640. The minimum atomic E-state index is -0.773. The number of aliphatic carboxylic acids is 1. The van der Waals surface area contributed by atoms with E-state index >= 15 is 0 Å². The van der Waals surface area contributed by atoms with Gasteiger partial charge in [0.05, 0.1) is 11.5 Å². The molecule has 0 saturated carbocycles. The van der Waals surface area contributed by atoms with E-state index in [1.54, 1.807) is 26.8 Å². The van der Waals surface area contributed by atoms with E-state index in [4.69, 9.17) is 4.84 Å². The van der Waals surface area contributed by atoms with Crippen molar-refractivity contribution in [2.24, 2.45) is 11.3 Å². The number of phenolic OH excluding ortho intramolecular Hbond substituents is 1. The number of carbonyl (C=O) groups is 3. The summed E-state index contributed by atoms with van der Waals surface area (Å²) in [6.07, 6.45) is 1.63. The van der Waals surface area contributed by atoms with Gasteiger partial charge in [0, 0.05) is 12.8 Å². The highest BCUT2D eigenvalue weighted by Crippen LogP contribution is 2.28. The van der Waals surface area contributed by atoms with E-state index < -0.39 is 17.5 Å². The first-order valence-corrected chi connectivity index (χ1v) is 10.2. The molecule has 2 N–H and O–H groups in total. The average molecular weight is 454 g/mol. The predicted octanol–water partition coefficient (Wildman–Crippen LogP) is 5.52. The largest absolute Gasteiger partial charge is 0.508 e. The SMILES string of the molecule is C.C.CC(C)(C)ON1C(=O)CCC1=O.Cc1ccc(CC(CC(C)(C)C)C(=O)O)cc1O. The molecule has 0 radical (unpaired) electrons. The summed E-state index contributed by atoms with van der Waals surface area (Å²) in [7, 11) is 0. The van der Waals surface area contributed by atoms with Crippen molar-refractivity contribution in [2.75, 3.05) is 0 Å². The third kappa shape index (κ3) is 11.3. The zero-order valence-electron chi connectivity index (χ0n) is 19.1. The molecule has 7 nitrogen and oxygen atoms in total. The van der Waals surface area contributed by atoms with Crippen molar-refractivity contribution >= 4 is 17.8 Å². The lowest BCUT2D eigenvalue weighted by Crippen LogP contribution is -2.37. The highest BCUT2D eigenvalue weighted by Gasteiger charge is 2.33. The number of rotatable bonds is 5. The van der Waals surface area contributed by atoms with E-state index in [2.05, 4.69) is 0 Å². The van der Waals surface area contributed by atoms with Crippen molar-refractivity contribution in [3.8, 4) is 5.75 Å². The Labute approximate surface area is 193 Å². The number of aromatic hydroxyl groups is 1. The molecule has 1 atom stereocenters. The van der Waals surface area contributed by atoms with Crippen molar-refractivity contribution in [1.29, 1.82) is 0 Å². The molecule has 0 spiro atoms. The van der Waals surface area contributed by atoms with E-state index in [1.165, 1.54) is 0 Å².